The highest BCUT2D eigenvalue weighted by atomic mass is 35.5. The highest BCUT2D eigenvalue weighted by molar-refractivity contribution is 6.32. The Balaban J connectivity index is 2.16. The summed E-state index contributed by atoms with van der Waals surface area (Å²) in [7, 11) is 0. The van der Waals surface area contributed by atoms with Crippen LogP contribution in [-0.4, -0.2) is 10.4 Å². The molecule has 1 aromatic carbocycles. The number of aryl methyl sites for hydroxylation is 1. The average Bonchev–Trinajstić information content (AvgIpc) is 2.71. The third-order valence-corrected chi connectivity index (χ3v) is 4.24. The Kier molecular flexibility index (Phi) is 3.02. The van der Waals surface area contributed by atoms with Crippen molar-refractivity contribution in [3.8, 4) is 5.69 Å². The van der Waals surface area contributed by atoms with Crippen LogP contribution in [0.5, 0.6) is 0 Å². The fourth-order valence-electron chi connectivity index (χ4n) is 2.98. The Bertz CT molecular complexity index is 697. The van der Waals surface area contributed by atoms with Gasteiger partial charge in [-0.15, -0.1) is 0 Å². The normalized spacial score (nSPS) is 17.1. The standard InChI is InChI=1S/C17H18ClNO/c1-11-4-5-14(13(18)8-11)19-7-6-12-15(19)9-17(2,3)10-16(12)20/h4-8H,9-10H2,1-3H3. The van der Waals surface area contributed by atoms with Crippen LogP contribution < -0.4 is 0 Å². The lowest BCUT2D eigenvalue weighted by molar-refractivity contribution is 0.0911. The monoisotopic (exact) mass is 287 g/mol. The third kappa shape index (κ3) is 2.18. The first kappa shape index (κ1) is 13.4. The molecule has 3 heteroatoms. The number of carbonyl (C=O) groups is 1. The van der Waals surface area contributed by atoms with Gasteiger partial charge < -0.3 is 4.57 Å². The first-order valence-electron chi connectivity index (χ1n) is 6.87. The minimum atomic E-state index is 0.0113. The van der Waals surface area contributed by atoms with E-state index in [1.54, 1.807) is 0 Å². The van der Waals surface area contributed by atoms with Crippen LogP contribution in [-0.2, 0) is 6.42 Å². The van der Waals surface area contributed by atoms with E-state index in [0.717, 1.165) is 34.0 Å². The largest absolute Gasteiger partial charge is 0.319 e. The topological polar surface area (TPSA) is 22.0 Å². The molecule has 104 valence electrons. The molecule has 0 fully saturated rings. The maximum absolute atomic E-state index is 12.2. The lowest BCUT2D eigenvalue weighted by atomic mass is 9.76. The van der Waals surface area contributed by atoms with Gasteiger partial charge in [0.05, 0.1) is 10.7 Å². The van der Waals surface area contributed by atoms with Gasteiger partial charge in [0.1, 0.15) is 0 Å². The molecule has 3 rings (SSSR count). The van der Waals surface area contributed by atoms with E-state index in [9.17, 15) is 4.79 Å². The van der Waals surface area contributed by atoms with Crippen molar-refractivity contribution in [1.29, 1.82) is 0 Å². The second-order valence-electron chi connectivity index (χ2n) is 6.44. The van der Waals surface area contributed by atoms with E-state index in [4.69, 9.17) is 11.6 Å². The maximum atomic E-state index is 12.2. The van der Waals surface area contributed by atoms with Gasteiger partial charge in [-0.25, -0.2) is 0 Å². The number of hydrogen-bond donors (Lipinski definition) is 0. The van der Waals surface area contributed by atoms with Crippen LogP contribution in [0.15, 0.2) is 30.5 Å². The van der Waals surface area contributed by atoms with E-state index in [1.807, 2.05) is 37.4 Å². The van der Waals surface area contributed by atoms with Crippen LogP contribution in [0.1, 0.15) is 41.9 Å². The van der Waals surface area contributed by atoms with Crippen LogP contribution in [0, 0.1) is 12.3 Å². The number of aromatic nitrogens is 1. The summed E-state index contributed by atoms with van der Waals surface area (Å²) >= 11 is 6.37. The molecule has 1 aliphatic rings. The van der Waals surface area contributed by atoms with E-state index < -0.39 is 0 Å². The Morgan fingerprint density at radius 1 is 1.20 bits per heavy atom. The summed E-state index contributed by atoms with van der Waals surface area (Å²) in [4.78, 5) is 12.2. The smallest absolute Gasteiger partial charge is 0.165 e. The van der Waals surface area contributed by atoms with Gasteiger partial charge in [0.25, 0.3) is 0 Å². The average molecular weight is 288 g/mol. The minimum Gasteiger partial charge on any atom is -0.319 e. The van der Waals surface area contributed by atoms with Gasteiger partial charge in [0.15, 0.2) is 5.78 Å². The summed E-state index contributed by atoms with van der Waals surface area (Å²) in [6.45, 7) is 6.30. The van der Waals surface area contributed by atoms with Crippen molar-refractivity contribution in [3.63, 3.8) is 0 Å². The van der Waals surface area contributed by atoms with Crippen LogP contribution in [0.2, 0.25) is 5.02 Å². The van der Waals surface area contributed by atoms with E-state index in [-0.39, 0.29) is 11.2 Å². The Morgan fingerprint density at radius 3 is 2.65 bits per heavy atom. The molecular formula is C17H18ClNO. The molecule has 0 saturated heterocycles. The Labute approximate surface area is 124 Å². The number of carbonyl (C=O) groups excluding carboxylic acids is 1. The molecule has 0 bridgehead atoms. The first-order valence-corrected chi connectivity index (χ1v) is 7.25. The number of halogens is 1. The number of nitrogens with zero attached hydrogens (tertiary/aromatic N) is 1. The number of hydrogen-bond acceptors (Lipinski definition) is 1. The predicted molar refractivity (Wildman–Crippen MR) is 81.9 cm³/mol. The van der Waals surface area contributed by atoms with Gasteiger partial charge >= 0.3 is 0 Å². The van der Waals surface area contributed by atoms with Crippen molar-refractivity contribution in [1.82, 2.24) is 4.57 Å². The van der Waals surface area contributed by atoms with E-state index in [1.165, 1.54) is 0 Å². The molecule has 0 saturated carbocycles. The van der Waals surface area contributed by atoms with Crippen LogP contribution >= 0.6 is 11.6 Å². The highest BCUT2D eigenvalue weighted by Gasteiger charge is 2.33. The molecule has 0 radical (unpaired) electrons. The van der Waals surface area contributed by atoms with E-state index in [0.29, 0.717) is 6.42 Å². The number of Topliss-reactive ketones (excluding diaryl/α,β-unsaturated/α-hetero) is 1. The number of fused-ring (bicyclic) bond motifs is 1. The lowest BCUT2D eigenvalue weighted by Crippen LogP contribution is -2.27. The zero-order valence-corrected chi connectivity index (χ0v) is 12.8. The van der Waals surface area contributed by atoms with Crippen molar-refractivity contribution in [2.45, 2.75) is 33.6 Å². The van der Waals surface area contributed by atoms with Crippen LogP contribution in [0.4, 0.5) is 0 Å². The summed E-state index contributed by atoms with van der Waals surface area (Å²) in [5.41, 5.74) is 4.02. The quantitative estimate of drug-likeness (QED) is 0.751. The SMILES string of the molecule is Cc1ccc(-n2ccc3c2CC(C)(C)CC3=O)c(Cl)c1. The molecule has 0 atom stereocenters. The summed E-state index contributed by atoms with van der Waals surface area (Å²) < 4.78 is 2.07. The molecule has 0 N–H and O–H groups in total. The van der Waals surface area contributed by atoms with Gasteiger partial charge in [-0.05, 0) is 42.5 Å². The Hall–Kier alpha value is -1.54. The second kappa shape index (κ2) is 4.49. The molecule has 2 aromatic rings. The molecule has 0 unspecified atom stereocenters. The van der Waals surface area contributed by atoms with Gasteiger partial charge in [-0.1, -0.05) is 31.5 Å². The molecule has 0 spiro atoms. The summed E-state index contributed by atoms with van der Waals surface area (Å²) in [6, 6.07) is 7.94. The summed E-state index contributed by atoms with van der Waals surface area (Å²) in [5.74, 6) is 0.234. The van der Waals surface area contributed by atoms with Gasteiger partial charge in [-0.2, -0.15) is 0 Å². The fraction of sp³-hybridized carbons (Fsp3) is 0.353. The minimum absolute atomic E-state index is 0.0113. The summed E-state index contributed by atoms with van der Waals surface area (Å²) in [5, 5.41) is 0.722. The molecule has 0 aliphatic heterocycles. The zero-order valence-electron chi connectivity index (χ0n) is 12.0. The van der Waals surface area contributed by atoms with Crippen molar-refractivity contribution in [2.75, 3.05) is 0 Å². The maximum Gasteiger partial charge on any atom is 0.165 e. The molecule has 1 aromatic heterocycles. The molecule has 2 nitrogen and oxygen atoms in total. The molecule has 1 heterocycles. The third-order valence-electron chi connectivity index (χ3n) is 3.94. The van der Waals surface area contributed by atoms with Crippen molar-refractivity contribution >= 4 is 17.4 Å². The van der Waals surface area contributed by atoms with Crippen LogP contribution in [0.3, 0.4) is 0 Å². The van der Waals surface area contributed by atoms with Crippen molar-refractivity contribution < 1.29 is 4.79 Å². The van der Waals surface area contributed by atoms with Crippen LogP contribution in [0.25, 0.3) is 5.69 Å². The van der Waals surface area contributed by atoms with E-state index in [2.05, 4.69) is 18.4 Å². The van der Waals surface area contributed by atoms with Gasteiger partial charge in [-0.3, -0.25) is 4.79 Å². The lowest BCUT2D eigenvalue weighted by Gasteiger charge is -2.29. The summed E-state index contributed by atoms with van der Waals surface area (Å²) in [6.07, 6.45) is 3.47. The first-order chi connectivity index (χ1) is 9.37. The number of ketones is 1. The second-order valence-corrected chi connectivity index (χ2v) is 6.85. The zero-order chi connectivity index (χ0) is 14.5. The van der Waals surface area contributed by atoms with Gasteiger partial charge in [0, 0.05) is 23.9 Å². The molecule has 1 aliphatic carbocycles. The highest BCUT2D eigenvalue weighted by Crippen LogP contribution is 2.37. The van der Waals surface area contributed by atoms with Crippen molar-refractivity contribution in [2.24, 2.45) is 5.41 Å². The van der Waals surface area contributed by atoms with Crippen molar-refractivity contribution in [3.05, 3.63) is 52.3 Å². The number of benzene rings is 1. The van der Waals surface area contributed by atoms with Gasteiger partial charge in [0.2, 0.25) is 0 Å². The molecular weight excluding hydrogens is 270 g/mol. The predicted octanol–water partition coefficient (Wildman–Crippen LogP) is 4.59. The molecule has 20 heavy (non-hydrogen) atoms. The van der Waals surface area contributed by atoms with E-state index >= 15 is 0 Å². The molecule has 0 amide bonds. The Morgan fingerprint density at radius 2 is 1.95 bits per heavy atom. The fourth-order valence-corrected chi connectivity index (χ4v) is 3.30. The number of rotatable bonds is 1.